The zero-order valence-electron chi connectivity index (χ0n) is 11.3. The molecule has 0 aliphatic carbocycles. The number of rotatable bonds is 6. The Bertz CT molecular complexity index is 367. The Kier molecular flexibility index (Phi) is 5.38. The summed E-state index contributed by atoms with van der Waals surface area (Å²) in [6, 6.07) is 0.313. The van der Waals surface area contributed by atoms with Crippen LogP contribution in [0.25, 0.3) is 0 Å². The Morgan fingerprint density at radius 2 is 2.06 bits per heavy atom. The van der Waals surface area contributed by atoms with Gasteiger partial charge in [-0.1, -0.05) is 0 Å². The van der Waals surface area contributed by atoms with Crippen LogP contribution in [0.1, 0.15) is 23.7 Å². The third kappa shape index (κ3) is 3.68. The molecule has 4 nitrogen and oxygen atoms in total. The van der Waals surface area contributed by atoms with Gasteiger partial charge in [0.1, 0.15) is 5.75 Å². The molecule has 0 amide bonds. The molecule has 1 N–H and O–H groups in total. The Balaban J connectivity index is 2.72. The normalized spacial score (nSPS) is 12.5. The number of methoxy groups -OCH3 is 2. The fourth-order valence-electron chi connectivity index (χ4n) is 1.83. The van der Waals surface area contributed by atoms with E-state index in [-0.39, 0.29) is 0 Å². The Morgan fingerprint density at radius 1 is 1.35 bits per heavy atom. The predicted molar refractivity (Wildman–Crippen MR) is 68.4 cm³/mol. The van der Waals surface area contributed by atoms with Crippen molar-refractivity contribution >= 4 is 0 Å². The summed E-state index contributed by atoms with van der Waals surface area (Å²) in [5.41, 5.74) is 3.19. The van der Waals surface area contributed by atoms with E-state index in [1.54, 1.807) is 14.2 Å². The largest absolute Gasteiger partial charge is 0.496 e. The summed E-state index contributed by atoms with van der Waals surface area (Å²) in [4.78, 5) is 4.44. The highest BCUT2D eigenvalue weighted by atomic mass is 16.5. The molecular formula is C13H22N2O2. The van der Waals surface area contributed by atoms with Crippen molar-refractivity contribution in [1.29, 1.82) is 0 Å². The quantitative estimate of drug-likeness (QED) is 0.821. The molecule has 1 aromatic rings. The van der Waals surface area contributed by atoms with E-state index >= 15 is 0 Å². The summed E-state index contributed by atoms with van der Waals surface area (Å²) < 4.78 is 10.5. The number of nitrogens with one attached hydrogen (secondary N) is 1. The molecule has 17 heavy (non-hydrogen) atoms. The highest BCUT2D eigenvalue weighted by molar-refractivity contribution is 5.40. The standard InChI is InChI=1S/C13H22N2O2/c1-9-6-15-12(11(3)13(9)17-5)7-14-10(2)8-16-4/h6,10,14H,7-8H2,1-5H3. The van der Waals surface area contributed by atoms with Gasteiger partial charge in [0.2, 0.25) is 0 Å². The predicted octanol–water partition coefficient (Wildman–Crippen LogP) is 1.83. The molecule has 0 fully saturated rings. The van der Waals surface area contributed by atoms with Crippen LogP contribution in [-0.4, -0.2) is 31.9 Å². The monoisotopic (exact) mass is 238 g/mol. The molecule has 4 heteroatoms. The summed E-state index contributed by atoms with van der Waals surface area (Å²) in [7, 11) is 3.40. The molecule has 0 aliphatic rings. The number of hydrogen-bond donors (Lipinski definition) is 1. The summed E-state index contributed by atoms with van der Waals surface area (Å²) in [6.45, 7) is 7.56. The number of pyridine rings is 1. The van der Waals surface area contributed by atoms with Crippen molar-refractivity contribution in [1.82, 2.24) is 10.3 Å². The van der Waals surface area contributed by atoms with Crippen LogP contribution in [0.15, 0.2) is 6.20 Å². The number of ether oxygens (including phenoxy) is 2. The maximum atomic E-state index is 5.38. The van der Waals surface area contributed by atoms with E-state index in [1.807, 2.05) is 20.0 Å². The molecule has 1 heterocycles. The second-order valence-corrected chi connectivity index (χ2v) is 4.28. The first kappa shape index (κ1) is 13.9. The first-order valence-corrected chi connectivity index (χ1v) is 5.81. The zero-order chi connectivity index (χ0) is 12.8. The third-order valence-corrected chi connectivity index (χ3v) is 2.78. The summed E-state index contributed by atoms with van der Waals surface area (Å²) in [5, 5.41) is 3.37. The van der Waals surface area contributed by atoms with Crippen LogP contribution in [0.4, 0.5) is 0 Å². The molecule has 0 saturated carbocycles. The van der Waals surface area contributed by atoms with Gasteiger partial charge in [-0.25, -0.2) is 0 Å². The van der Waals surface area contributed by atoms with Crippen molar-refractivity contribution in [2.45, 2.75) is 33.4 Å². The van der Waals surface area contributed by atoms with Crippen LogP contribution in [0, 0.1) is 13.8 Å². The van der Waals surface area contributed by atoms with Gasteiger partial charge < -0.3 is 14.8 Å². The van der Waals surface area contributed by atoms with Crippen molar-refractivity contribution in [2.24, 2.45) is 0 Å². The highest BCUT2D eigenvalue weighted by Crippen LogP contribution is 2.23. The topological polar surface area (TPSA) is 43.4 Å². The van der Waals surface area contributed by atoms with E-state index in [1.165, 1.54) is 0 Å². The van der Waals surface area contributed by atoms with Gasteiger partial charge in [-0.2, -0.15) is 0 Å². The van der Waals surface area contributed by atoms with Crippen LogP contribution >= 0.6 is 0 Å². The fraction of sp³-hybridized carbons (Fsp3) is 0.615. The lowest BCUT2D eigenvalue weighted by Crippen LogP contribution is -2.30. The Labute approximate surface area is 103 Å². The molecular weight excluding hydrogens is 216 g/mol. The first-order valence-electron chi connectivity index (χ1n) is 5.81. The van der Waals surface area contributed by atoms with Gasteiger partial charge in [-0.3, -0.25) is 4.98 Å². The molecule has 0 aliphatic heterocycles. The van der Waals surface area contributed by atoms with E-state index in [9.17, 15) is 0 Å². The van der Waals surface area contributed by atoms with Gasteiger partial charge in [-0.15, -0.1) is 0 Å². The maximum absolute atomic E-state index is 5.38. The van der Waals surface area contributed by atoms with E-state index < -0.39 is 0 Å². The number of nitrogens with zero attached hydrogens (tertiary/aromatic N) is 1. The minimum atomic E-state index is 0.313. The van der Waals surface area contributed by atoms with Crippen molar-refractivity contribution in [3.8, 4) is 5.75 Å². The van der Waals surface area contributed by atoms with Gasteiger partial charge in [0.15, 0.2) is 0 Å². The maximum Gasteiger partial charge on any atom is 0.128 e. The Hall–Kier alpha value is -1.13. The molecule has 0 saturated heterocycles. The second kappa shape index (κ2) is 6.57. The number of hydrogen-bond acceptors (Lipinski definition) is 4. The smallest absolute Gasteiger partial charge is 0.128 e. The van der Waals surface area contributed by atoms with Crippen LogP contribution in [0.3, 0.4) is 0 Å². The molecule has 1 unspecified atom stereocenters. The average Bonchev–Trinajstić information content (AvgIpc) is 2.29. The summed E-state index contributed by atoms with van der Waals surface area (Å²) in [6.07, 6.45) is 1.85. The van der Waals surface area contributed by atoms with Gasteiger partial charge in [0.25, 0.3) is 0 Å². The summed E-state index contributed by atoms with van der Waals surface area (Å²) >= 11 is 0. The highest BCUT2D eigenvalue weighted by Gasteiger charge is 2.10. The van der Waals surface area contributed by atoms with Crippen molar-refractivity contribution in [2.75, 3.05) is 20.8 Å². The lowest BCUT2D eigenvalue weighted by atomic mass is 10.1. The average molecular weight is 238 g/mol. The van der Waals surface area contributed by atoms with E-state index in [0.29, 0.717) is 12.6 Å². The molecule has 96 valence electrons. The van der Waals surface area contributed by atoms with Crippen LogP contribution < -0.4 is 10.1 Å². The first-order chi connectivity index (χ1) is 8.10. The molecule has 1 atom stereocenters. The SMILES string of the molecule is COCC(C)NCc1ncc(C)c(OC)c1C. The van der Waals surface area contributed by atoms with Gasteiger partial charge in [0, 0.05) is 37.0 Å². The number of aryl methyl sites for hydroxylation is 1. The molecule has 1 aromatic heterocycles. The lowest BCUT2D eigenvalue weighted by molar-refractivity contribution is 0.171. The molecule has 0 bridgehead atoms. The summed E-state index contributed by atoms with van der Waals surface area (Å²) in [5.74, 6) is 0.927. The van der Waals surface area contributed by atoms with Gasteiger partial charge in [0.05, 0.1) is 19.4 Å². The minimum absolute atomic E-state index is 0.313. The van der Waals surface area contributed by atoms with Crippen LogP contribution in [0.5, 0.6) is 5.75 Å². The molecule has 0 aromatic carbocycles. The fourth-order valence-corrected chi connectivity index (χ4v) is 1.83. The van der Waals surface area contributed by atoms with Crippen LogP contribution in [0.2, 0.25) is 0 Å². The van der Waals surface area contributed by atoms with E-state index in [2.05, 4.69) is 17.2 Å². The molecule has 1 rings (SSSR count). The molecule has 0 spiro atoms. The van der Waals surface area contributed by atoms with E-state index in [0.717, 1.165) is 29.1 Å². The number of aromatic nitrogens is 1. The third-order valence-electron chi connectivity index (χ3n) is 2.78. The Morgan fingerprint density at radius 3 is 2.65 bits per heavy atom. The second-order valence-electron chi connectivity index (χ2n) is 4.28. The minimum Gasteiger partial charge on any atom is -0.496 e. The van der Waals surface area contributed by atoms with Crippen molar-refractivity contribution in [3.05, 3.63) is 23.0 Å². The van der Waals surface area contributed by atoms with Crippen LogP contribution in [-0.2, 0) is 11.3 Å². The van der Waals surface area contributed by atoms with Gasteiger partial charge >= 0.3 is 0 Å². The van der Waals surface area contributed by atoms with E-state index in [4.69, 9.17) is 9.47 Å². The van der Waals surface area contributed by atoms with Crippen molar-refractivity contribution in [3.63, 3.8) is 0 Å². The van der Waals surface area contributed by atoms with Crippen molar-refractivity contribution < 1.29 is 9.47 Å². The van der Waals surface area contributed by atoms with Gasteiger partial charge in [-0.05, 0) is 20.8 Å². The zero-order valence-corrected chi connectivity index (χ0v) is 11.3. The lowest BCUT2D eigenvalue weighted by Gasteiger charge is -2.15. The molecule has 0 radical (unpaired) electrons.